The average molecular weight is 269 g/mol. The van der Waals surface area contributed by atoms with Crippen LogP contribution in [-0.4, -0.2) is 37.1 Å². The largest absolute Gasteiger partial charge is 0.383 e. The lowest BCUT2D eigenvalue weighted by atomic mass is 10.0. The van der Waals surface area contributed by atoms with E-state index in [1.807, 2.05) is 24.3 Å². The Bertz CT molecular complexity index is 439. The molecule has 4 nitrogen and oxygen atoms in total. The summed E-state index contributed by atoms with van der Waals surface area (Å²) in [5, 5.41) is 0.658. The molecule has 1 heterocycles. The summed E-state index contributed by atoms with van der Waals surface area (Å²) in [6, 6.07) is 7.22. The van der Waals surface area contributed by atoms with Gasteiger partial charge in [-0.05, 0) is 17.7 Å². The predicted octanol–water partition coefficient (Wildman–Crippen LogP) is 1.59. The van der Waals surface area contributed by atoms with Gasteiger partial charge in [-0.3, -0.25) is 4.79 Å². The highest BCUT2D eigenvalue weighted by atomic mass is 35.5. The monoisotopic (exact) mass is 268 g/mol. The summed E-state index contributed by atoms with van der Waals surface area (Å²) < 4.78 is 5.03. The zero-order chi connectivity index (χ0) is 13.1. The Labute approximate surface area is 112 Å². The van der Waals surface area contributed by atoms with Gasteiger partial charge in [-0.15, -0.1) is 0 Å². The van der Waals surface area contributed by atoms with E-state index in [0.29, 0.717) is 24.6 Å². The third kappa shape index (κ3) is 2.66. The molecule has 1 aliphatic heterocycles. The Morgan fingerprint density at radius 2 is 2.33 bits per heavy atom. The first-order chi connectivity index (χ1) is 8.63. The first-order valence-corrected chi connectivity index (χ1v) is 6.30. The lowest BCUT2D eigenvalue weighted by Crippen LogP contribution is -2.35. The van der Waals surface area contributed by atoms with Crippen LogP contribution in [0, 0.1) is 0 Å². The summed E-state index contributed by atoms with van der Waals surface area (Å²) >= 11 is 5.99. The van der Waals surface area contributed by atoms with Crippen LogP contribution in [0.1, 0.15) is 18.0 Å². The van der Waals surface area contributed by atoms with Gasteiger partial charge in [-0.25, -0.2) is 0 Å². The SMILES string of the molecule is COCCN1C(=O)CC(N)C1c1cccc(Cl)c1. The van der Waals surface area contributed by atoms with Gasteiger partial charge in [0.05, 0.1) is 12.6 Å². The minimum Gasteiger partial charge on any atom is -0.383 e. The van der Waals surface area contributed by atoms with Gasteiger partial charge < -0.3 is 15.4 Å². The van der Waals surface area contributed by atoms with Crippen LogP contribution in [0.2, 0.25) is 5.02 Å². The second-order valence-corrected chi connectivity index (χ2v) is 4.88. The predicted molar refractivity (Wildman–Crippen MR) is 70.4 cm³/mol. The van der Waals surface area contributed by atoms with Crippen LogP contribution in [0.25, 0.3) is 0 Å². The molecular formula is C13H17ClN2O2. The van der Waals surface area contributed by atoms with Gasteiger partial charge >= 0.3 is 0 Å². The van der Waals surface area contributed by atoms with Crippen LogP contribution in [0.3, 0.4) is 0 Å². The molecule has 1 saturated heterocycles. The zero-order valence-electron chi connectivity index (χ0n) is 10.3. The van der Waals surface area contributed by atoms with Gasteiger partial charge in [0.2, 0.25) is 5.91 Å². The van der Waals surface area contributed by atoms with E-state index < -0.39 is 0 Å². The number of rotatable bonds is 4. The number of nitrogens with zero attached hydrogens (tertiary/aromatic N) is 1. The molecule has 5 heteroatoms. The number of methoxy groups -OCH3 is 1. The minimum atomic E-state index is -0.187. The van der Waals surface area contributed by atoms with Gasteiger partial charge in [0, 0.05) is 31.1 Å². The molecule has 1 fully saturated rings. The molecular weight excluding hydrogens is 252 g/mol. The molecule has 18 heavy (non-hydrogen) atoms. The van der Waals surface area contributed by atoms with E-state index in [-0.39, 0.29) is 18.0 Å². The standard InChI is InChI=1S/C13H17ClN2O2/c1-18-6-5-16-12(17)8-11(15)13(16)9-3-2-4-10(14)7-9/h2-4,7,11,13H,5-6,8,15H2,1H3. The molecule has 0 spiro atoms. The average Bonchev–Trinajstić information content (AvgIpc) is 2.61. The van der Waals surface area contributed by atoms with Gasteiger partial charge in [0.1, 0.15) is 0 Å². The highest BCUT2D eigenvalue weighted by Crippen LogP contribution is 2.32. The van der Waals surface area contributed by atoms with E-state index in [4.69, 9.17) is 22.1 Å². The van der Waals surface area contributed by atoms with E-state index in [1.165, 1.54) is 0 Å². The minimum absolute atomic E-state index is 0.0736. The molecule has 2 unspecified atom stereocenters. The van der Waals surface area contributed by atoms with Crippen LogP contribution in [0.4, 0.5) is 0 Å². The fourth-order valence-corrected chi connectivity index (χ4v) is 2.59. The first kappa shape index (κ1) is 13.3. The molecule has 98 valence electrons. The van der Waals surface area contributed by atoms with E-state index in [0.717, 1.165) is 5.56 Å². The van der Waals surface area contributed by atoms with E-state index >= 15 is 0 Å². The maximum atomic E-state index is 11.9. The van der Waals surface area contributed by atoms with Crippen LogP contribution in [0.15, 0.2) is 24.3 Å². The molecule has 0 aliphatic carbocycles. The lowest BCUT2D eigenvalue weighted by molar-refractivity contribution is -0.129. The van der Waals surface area contributed by atoms with Crippen molar-refractivity contribution >= 4 is 17.5 Å². The summed E-state index contributed by atoms with van der Waals surface area (Å²) in [6.45, 7) is 1.07. The Morgan fingerprint density at radius 3 is 3.00 bits per heavy atom. The maximum absolute atomic E-state index is 11.9. The summed E-state index contributed by atoms with van der Waals surface area (Å²) in [6.07, 6.45) is 0.376. The number of halogens is 1. The first-order valence-electron chi connectivity index (χ1n) is 5.93. The third-order valence-electron chi connectivity index (χ3n) is 3.20. The number of benzene rings is 1. The number of nitrogens with two attached hydrogens (primary N) is 1. The molecule has 0 saturated carbocycles. The van der Waals surface area contributed by atoms with E-state index in [2.05, 4.69) is 0 Å². The van der Waals surface area contributed by atoms with Crippen molar-refractivity contribution in [3.8, 4) is 0 Å². The Balaban J connectivity index is 2.24. The highest BCUT2D eigenvalue weighted by molar-refractivity contribution is 6.30. The fraction of sp³-hybridized carbons (Fsp3) is 0.462. The number of carbonyl (C=O) groups is 1. The molecule has 0 bridgehead atoms. The van der Waals surface area contributed by atoms with Gasteiger partial charge in [0.25, 0.3) is 0 Å². The lowest BCUT2D eigenvalue weighted by Gasteiger charge is -2.27. The summed E-state index contributed by atoms with van der Waals surface area (Å²) in [5.41, 5.74) is 7.05. The summed E-state index contributed by atoms with van der Waals surface area (Å²) in [4.78, 5) is 13.7. The van der Waals surface area contributed by atoms with E-state index in [9.17, 15) is 4.79 Å². The second-order valence-electron chi connectivity index (χ2n) is 4.45. The van der Waals surface area contributed by atoms with Crippen LogP contribution in [0.5, 0.6) is 0 Å². The molecule has 0 radical (unpaired) electrons. The smallest absolute Gasteiger partial charge is 0.224 e. The Hall–Kier alpha value is -1.10. The fourth-order valence-electron chi connectivity index (χ4n) is 2.39. The molecule has 1 aromatic rings. The van der Waals surface area contributed by atoms with Crippen molar-refractivity contribution in [2.24, 2.45) is 5.73 Å². The number of carbonyl (C=O) groups excluding carboxylic acids is 1. The summed E-state index contributed by atoms with van der Waals surface area (Å²) in [5.74, 6) is 0.0736. The Kier molecular flexibility index (Phi) is 4.22. The van der Waals surface area contributed by atoms with Crippen molar-refractivity contribution in [2.45, 2.75) is 18.5 Å². The van der Waals surface area contributed by atoms with Crippen molar-refractivity contribution in [1.29, 1.82) is 0 Å². The van der Waals surface area contributed by atoms with Crippen molar-refractivity contribution in [1.82, 2.24) is 4.90 Å². The number of likely N-dealkylation sites (tertiary alicyclic amines) is 1. The molecule has 1 aromatic carbocycles. The van der Waals surface area contributed by atoms with Gasteiger partial charge in [-0.2, -0.15) is 0 Å². The van der Waals surface area contributed by atoms with Crippen LogP contribution >= 0.6 is 11.6 Å². The number of ether oxygens (including phenoxy) is 1. The number of hydrogen-bond donors (Lipinski definition) is 1. The quantitative estimate of drug-likeness (QED) is 0.902. The molecule has 2 atom stereocenters. The van der Waals surface area contributed by atoms with E-state index in [1.54, 1.807) is 12.0 Å². The molecule has 0 aromatic heterocycles. The van der Waals surface area contributed by atoms with Crippen molar-refractivity contribution in [3.05, 3.63) is 34.9 Å². The van der Waals surface area contributed by atoms with Crippen molar-refractivity contribution in [2.75, 3.05) is 20.3 Å². The maximum Gasteiger partial charge on any atom is 0.224 e. The zero-order valence-corrected chi connectivity index (χ0v) is 11.1. The number of amides is 1. The van der Waals surface area contributed by atoms with Crippen LogP contribution in [-0.2, 0) is 9.53 Å². The van der Waals surface area contributed by atoms with Gasteiger partial charge in [-0.1, -0.05) is 23.7 Å². The summed E-state index contributed by atoms with van der Waals surface area (Å²) in [7, 11) is 1.62. The molecule has 1 amide bonds. The number of hydrogen-bond acceptors (Lipinski definition) is 3. The third-order valence-corrected chi connectivity index (χ3v) is 3.43. The topological polar surface area (TPSA) is 55.6 Å². The Morgan fingerprint density at radius 1 is 1.56 bits per heavy atom. The van der Waals surface area contributed by atoms with Crippen molar-refractivity contribution in [3.63, 3.8) is 0 Å². The molecule has 2 N–H and O–H groups in total. The molecule has 1 aliphatic rings. The molecule has 2 rings (SSSR count). The van der Waals surface area contributed by atoms with Crippen LogP contribution < -0.4 is 5.73 Å². The van der Waals surface area contributed by atoms with Gasteiger partial charge in [0.15, 0.2) is 0 Å². The van der Waals surface area contributed by atoms with Crippen molar-refractivity contribution < 1.29 is 9.53 Å². The second kappa shape index (κ2) is 5.69. The normalized spacial score (nSPS) is 23.7. The highest BCUT2D eigenvalue weighted by Gasteiger charge is 2.38.